The minimum Gasteiger partial charge on any atom is -0.497 e. The maximum absolute atomic E-state index is 12.7. The molecule has 1 heterocycles. The van der Waals surface area contributed by atoms with Gasteiger partial charge in [-0.25, -0.2) is 4.99 Å². The molecule has 0 N–H and O–H groups in total. The number of aliphatic imine (C=N–C) groups is 1. The normalized spacial score (nSPS) is 17.4. The quantitative estimate of drug-likeness (QED) is 0.720. The molecule has 26 heavy (non-hydrogen) atoms. The van der Waals surface area contributed by atoms with Crippen LogP contribution in [0, 0.1) is 13.8 Å². The van der Waals surface area contributed by atoms with Crippen LogP contribution in [0.4, 0.5) is 5.69 Å². The van der Waals surface area contributed by atoms with Gasteiger partial charge in [0, 0.05) is 6.54 Å². The minimum atomic E-state index is -0.0112. The van der Waals surface area contributed by atoms with E-state index >= 15 is 0 Å². The molecule has 5 heteroatoms. The molecule has 0 aliphatic carbocycles. The number of hydrogen-bond donors (Lipinski definition) is 0. The molecule has 1 fully saturated rings. The lowest BCUT2D eigenvalue weighted by molar-refractivity contribution is -0.122. The monoisotopic (exact) mass is 366 g/mol. The molecular formula is C21H22N2O2S. The number of benzene rings is 2. The predicted molar refractivity (Wildman–Crippen MR) is 109 cm³/mol. The Morgan fingerprint density at radius 2 is 1.96 bits per heavy atom. The molecule has 1 aliphatic heterocycles. The lowest BCUT2D eigenvalue weighted by Gasteiger charge is -2.12. The Hall–Kier alpha value is -2.53. The number of aryl methyl sites for hydroxylation is 2. The van der Waals surface area contributed by atoms with Crippen molar-refractivity contribution in [3.8, 4) is 5.75 Å². The van der Waals surface area contributed by atoms with Gasteiger partial charge in [0.15, 0.2) is 5.17 Å². The number of rotatable bonds is 4. The van der Waals surface area contributed by atoms with E-state index in [4.69, 9.17) is 9.73 Å². The Balaban J connectivity index is 1.93. The van der Waals surface area contributed by atoms with Crippen LogP contribution >= 0.6 is 11.8 Å². The van der Waals surface area contributed by atoms with E-state index in [1.165, 1.54) is 22.9 Å². The molecule has 1 amide bonds. The van der Waals surface area contributed by atoms with Gasteiger partial charge in [0.1, 0.15) is 5.75 Å². The zero-order valence-corrected chi connectivity index (χ0v) is 16.3. The Morgan fingerprint density at radius 3 is 2.65 bits per heavy atom. The van der Waals surface area contributed by atoms with Crippen LogP contribution in [0.3, 0.4) is 0 Å². The molecule has 0 saturated carbocycles. The molecule has 0 radical (unpaired) electrons. The van der Waals surface area contributed by atoms with Crippen LogP contribution in [0.1, 0.15) is 23.6 Å². The first-order chi connectivity index (χ1) is 12.5. The molecule has 0 atom stereocenters. The Morgan fingerprint density at radius 1 is 1.15 bits per heavy atom. The molecule has 0 bridgehead atoms. The van der Waals surface area contributed by atoms with Crippen molar-refractivity contribution in [1.29, 1.82) is 0 Å². The van der Waals surface area contributed by atoms with Gasteiger partial charge in [-0.15, -0.1) is 0 Å². The summed E-state index contributed by atoms with van der Waals surface area (Å²) in [4.78, 5) is 19.8. The van der Waals surface area contributed by atoms with Gasteiger partial charge in [-0.2, -0.15) is 0 Å². The standard InChI is InChI=1S/C21H22N2O2S/c1-5-23-20(24)19(13-16-7-6-8-18(12-16)25-4)26-21(23)22-17-10-9-14(2)15(3)11-17/h6-13H,5H2,1-4H3/b19-13-,22-21?. The topological polar surface area (TPSA) is 41.9 Å². The number of nitrogens with zero attached hydrogens (tertiary/aromatic N) is 2. The molecule has 3 rings (SSSR count). The van der Waals surface area contributed by atoms with Crippen LogP contribution in [0.2, 0.25) is 0 Å². The van der Waals surface area contributed by atoms with Gasteiger partial charge in [-0.1, -0.05) is 18.2 Å². The number of likely N-dealkylation sites (N-methyl/N-ethyl adjacent to an activating group) is 1. The van der Waals surface area contributed by atoms with E-state index in [2.05, 4.69) is 19.9 Å². The molecule has 0 aromatic heterocycles. The Labute approximate surface area is 158 Å². The van der Waals surface area contributed by atoms with Crippen molar-refractivity contribution in [1.82, 2.24) is 4.90 Å². The molecule has 0 unspecified atom stereocenters. The number of methoxy groups -OCH3 is 1. The van der Waals surface area contributed by atoms with Crippen molar-refractivity contribution in [2.45, 2.75) is 20.8 Å². The van der Waals surface area contributed by atoms with E-state index in [1.807, 2.05) is 49.4 Å². The first kappa shape index (κ1) is 18.3. The molecule has 2 aromatic carbocycles. The second kappa shape index (κ2) is 7.79. The summed E-state index contributed by atoms with van der Waals surface area (Å²) in [5.41, 5.74) is 4.22. The van der Waals surface area contributed by atoms with Crippen LogP contribution in [-0.4, -0.2) is 29.6 Å². The lowest BCUT2D eigenvalue weighted by atomic mass is 10.1. The third-order valence-electron chi connectivity index (χ3n) is 4.31. The molecule has 0 spiro atoms. The SMILES string of the molecule is CCN1C(=O)/C(=C/c2cccc(OC)c2)SC1=Nc1ccc(C)c(C)c1. The van der Waals surface area contributed by atoms with Crippen LogP contribution in [0.25, 0.3) is 6.08 Å². The number of carbonyl (C=O) groups excluding carboxylic acids is 1. The van der Waals surface area contributed by atoms with Gasteiger partial charge in [0.25, 0.3) is 5.91 Å². The maximum Gasteiger partial charge on any atom is 0.266 e. The zero-order chi connectivity index (χ0) is 18.7. The molecule has 2 aromatic rings. The van der Waals surface area contributed by atoms with Gasteiger partial charge in [0.2, 0.25) is 0 Å². The number of thioether (sulfide) groups is 1. The molecule has 4 nitrogen and oxygen atoms in total. The van der Waals surface area contributed by atoms with Crippen LogP contribution < -0.4 is 4.74 Å². The summed E-state index contributed by atoms with van der Waals surface area (Å²) in [5.74, 6) is 0.758. The van der Waals surface area contributed by atoms with E-state index in [0.29, 0.717) is 11.4 Å². The highest BCUT2D eigenvalue weighted by molar-refractivity contribution is 8.18. The van der Waals surface area contributed by atoms with E-state index in [0.717, 1.165) is 22.2 Å². The van der Waals surface area contributed by atoms with Crippen LogP contribution in [0.15, 0.2) is 52.4 Å². The number of amides is 1. The largest absolute Gasteiger partial charge is 0.497 e. The average Bonchev–Trinajstić information content (AvgIpc) is 2.93. The van der Waals surface area contributed by atoms with Gasteiger partial charge < -0.3 is 4.74 Å². The Kier molecular flexibility index (Phi) is 5.47. The maximum atomic E-state index is 12.7. The fourth-order valence-electron chi connectivity index (χ4n) is 2.66. The molecule has 1 saturated heterocycles. The summed E-state index contributed by atoms with van der Waals surface area (Å²) in [7, 11) is 1.63. The fourth-order valence-corrected chi connectivity index (χ4v) is 3.72. The van der Waals surface area contributed by atoms with Crippen molar-refractivity contribution in [2.75, 3.05) is 13.7 Å². The summed E-state index contributed by atoms with van der Waals surface area (Å²) in [6.07, 6.45) is 1.89. The van der Waals surface area contributed by atoms with E-state index in [-0.39, 0.29) is 5.91 Å². The summed E-state index contributed by atoms with van der Waals surface area (Å²) < 4.78 is 5.25. The number of hydrogen-bond acceptors (Lipinski definition) is 4. The van der Waals surface area contributed by atoms with Crippen molar-refractivity contribution in [3.05, 3.63) is 64.1 Å². The predicted octanol–water partition coefficient (Wildman–Crippen LogP) is 4.94. The summed E-state index contributed by atoms with van der Waals surface area (Å²) in [5, 5.41) is 0.717. The smallest absolute Gasteiger partial charge is 0.266 e. The zero-order valence-electron chi connectivity index (χ0n) is 15.4. The molecular weight excluding hydrogens is 344 g/mol. The second-order valence-corrected chi connectivity index (χ2v) is 7.11. The third-order valence-corrected chi connectivity index (χ3v) is 5.32. The van der Waals surface area contributed by atoms with Crippen molar-refractivity contribution < 1.29 is 9.53 Å². The first-order valence-electron chi connectivity index (χ1n) is 8.53. The molecule has 134 valence electrons. The van der Waals surface area contributed by atoms with Crippen molar-refractivity contribution in [2.24, 2.45) is 4.99 Å². The van der Waals surface area contributed by atoms with E-state index < -0.39 is 0 Å². The second-order valence-electron chi connectivity index (χ2n) is 6.10. The minimum absolute atomic E-state index is 0.0112. The summed E-state index contributed by atoms with van der Waals surface area (Å²) in [6.45, 7) is 6.69. The van der Waals surface area contributed by atoms with Gasteiger partial charge in [0.05, 0.1) is 17.7 Å². The highest BCUT2D eigenvalue weighted by Crippen LogP contribution is 2.34. The first-order valence-corrected chi connectivity index (χ1v) is 9.35. The highest BCUT2D eigenvalue weighted by Gasteiger charge is 2.32. The van der Waals surface area contributed by atoms with Gasteiger partial charge in [-0.3, -0.25) is 9.69 Å². The third kappa shape index (κ3) is 3.83. The summed E-state index contributed by atoms with van der Waals surface area (Å²) in [6, 6.07) is 13.8. The van der Waals surface area contributed by atoms with Crippen molar-refractivity contribution >= 4 is 34.6 Å². The van der Waals surface area contributed by atoms with E-state index in [9.17, 15) is 4.79 Å². The van der Waals surface area contributed by atoms with Gasteiger partial charge >= 0.3 is 0 Å². The van der Waals surface area contributed by atoms with E-state index in [1.54, 1.807) is 12.0 Å². The number of carbonyl (C=O) groups is 1. The van der Waals surface area contributed by atoms with Crippen molar-refractivity contribution in [3.63, 3.8) is 0 Å². The number of amidine groups is 1. The lowest BCUT2D eigenvalue weighted by Crippen LogP contribution is -2.28. The van der Waals surface area contributed by atoms with Crippen LogP contribution in [0.5, 0.6) is 5.75 Å². The molecule has 1 aliphatic rings. The van der Waals surface area contributed by atoms with Gasteiger partial charge in [-0.05, 0) is 79.6 Å². The fraction of sp³-hybridized carbons (Fsp3) is 0.238. The highest BCUT2D eigenvalue weighted by atomic mass is 32.2. The number of ether oxygens (including phenoxy) is 1. The Bertz CT molecular complexity index is 903. The summed E-state index contributed by atoms with van der Waals surface area (Å²) >= 11 is 1.41. The average molecular weight is 366 g/mol. The van der Waals surface area contributed by atoms with Crippen LogP contribution in [-0.2, 0) is 4.79 Å².